The molecule has 0 fully saturated rings. The van der Waals surface area contributed by atoms with Crippen molar-refractivity contribution in [3.8, 4) is 0 Å². The highest BCUT2D eigenvalue weighted by atomic mass is 32.2. The second kappa shape index (κ2) is 7.70. The van der Waals surface area contributed by atoms with E-state index in [2.05, 4.69) is 5.32 Å². The third-order valence-corrected chi connectivity index (χ3v) is 6.53. The summed E-state index contributed by atoms with van der Waals surface area (Å²) in [5, 5.41) is 2.87. The second-order valence-electron chi connectivity index (χ2n) is 6.84. The van der Waals surface area contributed by atoms with Gasteiger partial charge in [-0.05, 0) is 56.2 Å². The lowest BCUT2D eigenvalue weighted by atomic mass is 10.1. The molecule has 1 aliphatic rings. The van der Waals surface area contributed by atoms with E-state index in [0.29, 0.717) is 24.3 Å². The van der Waals surface area contributed by atoms with E-state index < -0.39 is 10.0 Å². The van der Waals surface area contributed by atoms with Crippen LogP contribution in [0.1, 0.15) is 29.8 Å². The van der Waals surface area contributed by atoms with Gasteiger partial charge in [0.15, 0.2) is 0 Å². The number of hydrogen-bond donors (Lipinski definition) is 1. The Morgan fingerprint density at radius 2 is 1.96 bits per heavy atom. The van der Waals surface area contributed by atoms with Crippen LogP contribution >= 0.6 is 0 Å². The number of nitrogens with one attached hydrogen (secondary N) is 1. The van der Waals surface area contributed by atoms with Gasteiger partial charge in [-0.1, -0.05) is 18.2 Å². The van der Waals surface area contributed by atoms with Gasteiger partial charge < -0.3 is 10.1 Å². The maximum Gasteiger partial charge on any atom is 0.264 e. The van der Waals surface area contributed by atoms with E-state index in [0.717, 1.165) is 5.56 Å². The summed E-state index contributed by atoms with van der Waals surface area (Å²) in [4.78, 5) is 12.7. The highest BCUT2D eigenvalue weighted by Crippen LogP contribution is 2.37. The molecule has 0 aromatic heterocycles. The normalized spacial score (nSPS) is 17.4. The number of methoxy groups -OCH3 is 1. The maximum absolute atomic E-state index is 13.1. The lowest BCUT2D eigenvalue weighted by Crippen LogP contribution is -2.36. The smallest absolute Gasteiger partial charge is 0.264 e. The first-order chi connectivity index (χ1) is 12.8. The fraction of sp³-hybridized carbons (Fsp3) is 0.350. The predicted octanol–water partition coefficient (Wildman–Crippen LogP) is 2.59. The zero-order chi connectivity index (χ0) is 19.6. The van der Waals surface area contributed by atoms with E-state index in [-0.39, 0.29) is 22.9 Å². The third-order valence-electron chi connectivity index (χ3n) is 4.59. The molecule has 2 aromatic carbocycles. The molecule has 1 amide bonds. The highest BCUT2D eigenvalue weighted by molar-refractivity contribution is 7.92. The molecule has 0 saturated carbocycles. The van der Waals surface area contributed by atoms with Crippen LogP contribution in [0.2, 0.25) is 0 Å². The topological polar surface area (TPSA) is 75.7 Å². The van der Waals surface area contributed by atoms with E-state index in [1.807, 2.05) is 13.8 Å². The largest absolute Gasteiger partial charge is 0.383 e. The number of ether oxygens (including phenoxy) is 1. The number of fused-ring (bicyclic) bond motifs is 1. The van der Waals surface area contributed by atoms with Crippen LogP contribution in [0.3, 0.4) is 0 Å². The van der Waals surface area contributed by atoms with Gasteiger partial charge in [0.1, 0.15) is 0 Å². The predicted molar refractivity (Wildman–Crippen MR) is 105 cm³/mol. The second-order valence-corrected chi connectivity index (χ2v) is 8.66. The van der Waals surface area contributed by atoms with Gasteiger partial charge in [0.25, 0.3) is 15.9 Å². The summed E-state index contributed by atoms with van der Waals surface area (Å²) in [5.74, 6) is -0.195. The molecule has 0 aliphatic carbocycles. The summed E-state index contributed by atoms with van der Waals surface area (Å²) in [6, 6.07) is 13.2. The Kier molecular flexibility index (Phi) is 5.53. The fourth-order valence-electron chi connectivity index (χ4n) is 3.42. The van der Waals surface area contributed by atoms with E-state index in [4.69, 9.17) is 4.74 Å². The average molecular weight is 388 g/mol. The van der Waals surface area contributed by atoms with Crippen LogP contribution in [-0.2, 0) is 21.2 Å². The molecule has 3 rings (SSSR count). The van der Waals surface area contributed by atoms with E-state index in [9.17, 15) is 13.2 Å². The number of carbonyl (C=O) groups excluding carboxylic acids is 1. The highest BCUT2D eigenvalue weighted by Gasteiger charge is 2.36. The molecule has 1 heterocycles. The first kappa shape index (κ1) is 19.4. The van der Waals surface area contributed by atoms with E-state index in [1.165, 1.54) is 4.31 Å². The Hall–Kier alpha value is -2.38. The van der Waals surface area contributed by atoms with Gasteiger partial charge in [-0.15, -0.1) is 0 Å². The van der Waals surface area contributed by atoms with Gasteiger partial charge in [0, 0.05) is 24.8 Å². The van der Waals surface area contributed by atoms with Crippen molar-refractivity contribution in [3.63, 3.8) is 0 Å². The third kappa shape index (κ3) is 3.84. The number of sulfonamides is 1. The minimum Gasteiger partial charge on any atom is -0.383 e. The van der Waals surface area contributed by atoms with Crippen LogP contribution in [0, 0.1) is 0 Å². The Morgan fingerprint density at radius 3 is 2.63 bits per heavy atom. The monoisotopic (exact) mass is 388 g/mol. The van der Waals surface area contributed by atoms with Gasteiger partial charge in [-0.2, -0.15) is 0 Å². The zero-order valence-corrected chi connectivity index (χ0v) is 16.5. The van der Waals surface area contributed by atoms with Crippen LogP contribution in [0.4, 0.5) is 5.69 Å². The fourth-order valence-corrected chi connectivity index (χ4v) is 5.13. The minimum absolute atomic E-state index is 0.107. The summed E-state index contributed by atoms with van der Waals surface area (Å²) in [6.45, 7) is 4.17. The summed E-state index contributed by atoms with van der Waals surface area (Å²) >= 11 is 0. The lowest BCUT2D eigenvalue weighted by molar-refractivity contribution is 0.0905. The Labute approximate surface area is 160 Å². The van der Waals surface area contributed by atoms with Crippen LogP contribution < -0.4 is 9.62 Å². The number of amides is 1. The van der Waals surface area contributed by atoms with Crippen molar-refractivity contribution in [2.75, 3.05) is 18.0 Å². The van der Waals surface area contributed by atoms with Crippen molar-refractivity contribution in [2.24, 2.45) is 0 Å². The summed E-state index contributed by atoms with van der Waals surface area (Å²) in [5.41, 5.74) is 2.00. The standard InChI is InChI=1S/C20H24N2O4S/c1-14(13-26-3)21-20(23)16-9-10-19-17(12-16)11-15(2)22(19)27(24,25)18-7-5-4-6-8-18/h4-10,12,14-15H,11,13H2,1-3H3,(H,21,23)/t14-,15-/m1/s1. The maximum atomic E-state index is 13.1. The molecule has 1 N–H and O–H groups in total. The van der Waals surface area contributed by atoms with Crippen LogP contribution in [0.15, 0.2) is 53.4 Å². The molecule has 0 bridgehead atoms. The van der Waals surface area contributed by atoms with Crippen molar-refractivity contribution in [3.05, 3.63) is 59.7 Å². The molecule has 2 aromatic rings. The summed E-state index contributed by atoms with van der Waals surface area (Å²) in [7, 11) is -2.06. The molecule has 7 heteroatoms. The molecule has 0 unspecified atom stereocenters. The molecule has 0 radical (unpaired) electrons. The number of benzene rings is 2. The van der Waals surface area contributed by atoms with Crippen molar-refractivity contribution in [2.45, 2.75) is 37.2 Å². The molecule has 0 spiro atoms. The van der Waals surface area contributed by atoms with Crippen molar-refractivity contribution in [1.29, 1.82) is 0 Å². The van der Waals surface area contributed by atoms with Gasteiger partial charge >= 0.3 is 0 Å². The number of rotatable bonds is 6. The molecule has 6 nitrogen and oxygen atoms in total. The van der Waals surface area contributed by atoms with Gasteiger partial charge in [0.2, 0.25) is 0 Å². The van der Waals surface area contributed by atoms with Crippen LogP contribution in [0.5, 0.6) is 0 Å². The number of hydrogen-bond acceptors (Lipinski definition) is 4. The molecule has 144 valence electrons. The van der Waals surface area contributed by atoms with Crippen molar-refractivity contribution < 1.29 is 17.9 Å². The Morgan fingerprint density at radius 1 is 1.26 bits per heavy atom. The first-order valence-electron chi connectivity index (χ1n) is 8.87. The zero-order valence-electron chi connectivity index (χ0n) is 15.7. The van der Waals surface area contributed by atoms with Gasteiger partial charge in [0.05, 0.1) is 17.2 Å². The van der Waals surface area contributed by atoms with Crippen molar-refractivity contribution >= 4 is 21.6 Å². The van der Waals surface area contributed by atoms with Gasteiger partial charge in [-0.3, -0.25) is 9.10 Å². The van der Waals surface area contributed by atoms with Crippen LogP contribution in [0.25, 0.3) is 0 Å². The summed E-state index contributed by atoms with van der Waals surface area (Å²) < 4.78 is 32.6. The average Bonchev–Trinajstić information content (AvgIpc) is 2.98. The van der Waals surface area contributed by atoms with Crippen LogP contribution in [-0.4, -0.2) is 40.1 Å². The molecule has 2 atom stereocenters. The number of carbonyl (C=O) groups is 1. The van der Waals surface area contributed by atoms with Gasteiger partial charge in [-0.25, -0.2) is 8.42 Å². The molecular formula is C20H24N2O4S. The number of nitrogens with zero attached hydrogens (tertiary/aromatic N) is 1. The van der Waals surface area contributed by atoms with E-state index >= 15 is 0 Å². The molecule has 1 aliphatic heterocycles. The molecule has 27 heavy (non-hydrogen) atoms. The van der Waals surface area contributed by atoms with Crippen molar-refractivity contribution in [1.82, 2.24) is 5.32 Å². The summed E-state index contributed by atoms with van der Waals surface area (Å²) in [6.07, 6.45) is 0.566. The minimum atomic E-state index is -3.64. The SMILES string of the molecule is COC[C@@H](C)NC(=O)c1ccc2c(c1)C[C@@H](C)N2S(=O)(=O)c1ccccc1. The first-order valence-corrected chi connectivity index (χ1v) is 10.3. The van der Waals surface area contributed by atoms with E-state index in [1.54, 1.807) is 55.6 Å². The molecule has 0 saturated heterocycles. The Bertz CT molecular complexity index is 928. The Balaban J connectivity index is 1.89. The quantitative estimate of drug-likeness (QED) is 0.825. The number of anilines is 1. The molecular weight excluding hydrogens is 364 g/mol. The lowest BCUT2D eigenvalue weighted by Gasteiger charge is -2.24.